The molecule has 7 rings (SSSR count). The minimum atomic E-state index is -0.225. The third kappa shape index (κ3) is 5.05. The molecule has 2 aromatic carbocycles. The van der Waals surface area contributed by atoms with Crippen LogP contribution in [0.5, 0.6) is 6.01 Å². The van der Waals surface area contributed by atoms with Gasteiger partial charge >= 0.3 is 6.01 Å². The summed E-state index contributed by atoms with van der Waals surface area (Å²) >= 11 is 0. The summed E-state index contributed by atoms with van der Waals surface area (Å²) in [7, 11) is 2.16. The molecule has 1 aliphatic carbocycles. The maximum absolute atomic E-state index is 12.6. The van der Waals surface area contributed by atoms with Crippen LogP contribution >= 0.6 is 0 Å². The van der Waals surface area contributed by atoms with E-state index in [2.05, 4.69) is 77.7 Å². The van der Waals surface area contributed by atoms with E-state index >= 15 is 0 Å². The molecule has 1 aromatic heterocycles. The summed E-state index contributed by atoms with van der Waals surface area (Å²) in [6, 6.07) is 16.1. The molecule has 0 spiro atoms. The molecule has 228 valence electrons. The zero-order chi connectivity index (χ0) is 30.4. The Morgan fingerprint density at radius 3 is 2.75 bits per heavy atom. The molecule has 3 aliphatic heterocycles. The Balaban J connectivity index is 1.28. The van der Waals surface area contributed by atoms with Crippen molar-refractivity contribution in [2.45, 2.75) is 57.2 Å². The third-order valence-electron chi connectivity index (χ3n) is 10.2. The van der Waals surface area contributed by atoms with Crippen molar-refractivity contribution < 1.29 is 9.53 Å². The number of carbonyl (C=O) groups is 1. The van der Waals surface area contributed by atoms with Gasteiger partial charge < -0.3 is 24.3 Å². The highest BCUT2D eigenvalue weighted by Gasteiger charge is 2.43. The molecule has 44 heavy (non-hydrogen) atoms. The van der Waals surface area contributed by atoms with Crippen LogP contribution in [0.4, 0.5) is 11.5 Å². The number of nitriles is 1. The Morgan fingerprint density at radius 2 is 1.98 bits per heavy atom. The highest BCUT2D eigenvalue weighted by molar-refractivity contribution is 5.97. The van der Waals surface area contributed by atoms with Crippen molar-refractivity contribution >= 4 is 28.2 Å². The molecule has 3 aromatic rings. The summed E-state index contributed by atoms with van der Waals surface area (Å²) in [5.41, 5.74) is 4.80. The van der Waals surface area contributed by atoms with Crippen molar-refractivity contribution in [1.82, 2.24) is 19.8 Å². The van der Waals surface area contributed by atoms with Crippen LogP contribution < -0.4 is 14.5 Å². The molecule has 0 N–H and O–H groups in total. The van der Waals surface area contributed by atoms with Crippen molar-refractivity contribution in [1.29, 1.82) is 5.26 Å². The van der Waals surface area contributed by atoms with Crippen molar-refractivity contribution in [2.75, 3.05) is 56.2 Å². The smallest absolute Gasteiger partial charge is 0.318 e. The van der Waals surface area contributed by atoms with Crippen molar-refractivity contribution in [3.63, 3.8) is 0 Å². The van der Waals surface area contributed by atoms with Crippen LogP contribution in [-0.2, 0) is 11.2 Å². The summed E-state index contributed by atoms with van der Waals surface area (Å²) in [6.45, 7) is 10.2. The molecule has 4 aliphatic rings. The van der Waals surface area contributed by atoms with E-state index in [9.17, 15) is 10.1 Å². The van der Waals surface area contributed by atoms with Gasteiger partial charge in [0.25, 0.3) is 0 Å². The van der Waals surface area contributed by atoms with Gasteiger partial charge in [0, 0.05) is 48.9 Å². The van der Waals surface area contributed by atoms with E-state index in [0.29, 0.717) is 44.2 Å². The number of hydrogen-bond donors (Lipinski definition) is 0. The van der Waals surface area contributed by atoms with Crippen LogP contribution in [0.2, 0.25) is 0 Å². The second-order valence-corrected chi connectivity index (χ2v) is 12.9. The lowest BCUT2D eigenvalue weighted by Crippen LogP contribution is -2.55. The first-order valence-electron chi connectivity index (χ1n) is 16.0. The fraction of sp³-hybridized carbons (Fsp3) is 0.486. The van der Waals surface area contributed by atoms with Crippen LogP contribution in [-0.4, -0.2) is 84.1 Å². The van der Waals surface area contributed by atoms with Crippen LogP contribution in [0, 0.1) is 24.2 Å². The number of rotatable bonds is 7. The molecule has 3 saturated heterocycles. The maximum atomic E-state index is 12.6. The number of benzene rings is 2. The Bertz CT molecular complexity index is 1630. The Hall–Kier alpha value is -4.16. The fourth-order valence-electron chi connectivity index (χ4n) is 7.99. The lowest BCUT2D eigenvalue weighted by molar-refractivity contribution is -0.128. The molecule has 9 nitrogen and oxygen atoms in total. The zero-order valence-electron chi connectivity index (χ0n) is 25.8. The van der Waals surface area contributed by atoms with E-state index in [1.165, 1.54) is 40.1 Å². The number of amides is 1. The second-order valence-electron chi connectivity index (χ2n) is 12.9. The summed E-state index contributed by atoms with van der Waals surface area (Å²) in [5.74, 6) is 1.27. The number of nitrogens with zero attached hydrogens (tertiary/aromatic N) is 7. The number of likely N-dealkylation sites (tertiary alicyclic amines) is 1. The van der Waals surface area contributed by atoms with Gasteiger partial charge in [0.15, 0.2) is 0 Å². The number of aryl methyl sites for hydroxylation is 1. The molecular weight excluding hydrogens is 550 g/mol. The molecular formula is C35H41N7O2. The highest BCUT2D eigenvalue weighted by Crippen LogP contribution is 2.49. The molecule has 0 saturated carbocycles. The van der Waals surface area contributed by atoms with E-state index in [4.69, 9.17) is 14.7 Å². The van der Waals surface area contributed by atoms with E-state index in [1.54, 1.807) is 4.90 Å². The molecule has 4 atom stereocenters. The lowest BCUT2D eigenvalue weighted by atomic mass is 9.87. The molecule has 2 bridgehead atoms. The monoisotopic (exact) mass is 591 g/mol. The fourth-order valence-corrected chi connectivity index (χ4v) is 7.99. The van der Waals surface area contributed by atoms with Gasteiger partial charge in [-0.1, -0.05) is 36.9 Å². The Morgan fingerprint density at radius 1 is 1.14 bits per heavy atom. The predicted octanol–water partition coefficient (Wildman–Crippen LogP) is 4.65. The lowest BCUT2D eigenvalue weighted by Gasteiger charge is -2.42. The largest absolute Gasteiger partial charge is 0.462 e. The van der Waals surface area contributed by atoms with Gasteiger partial charge in [-0.2, -0.15) is 15.2 Å². The van der Waals surface area contributed by atoms with Gasteiger partial charge in [0.1, 0.15) is 12.4 Å². The maximum Gasteiger partial charge on any atom is 0.318 e. The first kappa shape index (κ1) is 28.6. The minimum absolute atomic E-state index is 0.126. The first-order valence-corrected chi connectivity index (χ1v) is 16.0. The molecule has 1 amide bonds. The number of carbonyl (C=O) groups excluding carboxylic acids is 1. The van der Waals surface area contributed by atoms with E-state index in [-0.39, 0.29) is 24.4 Å². The summed E-state index contributed by atoms with van der Waals surface area (Å²) in [6.07, 6.45) is 5.86. The molecule has 4 heterocycles. The standard InChI is InChI=1S/C35H41N7O2/c1-4-31(43)41-17-16-40(21-26(41)13-14-36)34-28-18-24-19-30(33(28)37-35(38-34)44-22-27-11-7-15-39(27)3)42(20-24)29-12-6-10-25-9-5-8-23(2)32(25)29/h4-6,8-10,12,24,26-27,30H,1,7,11,13,15-22H2,2-3H3/t24-,26-,27-,30-/m0/s1. The van der Waals surface area contributed by atoms with Gasteiger partial charge in [-0.05, 0) is 75.2 Å². The quantitative estimate of drug-likeness (QED) is 0.367. The number of anilines is 2. The van der Waals surface area contributed by atoms with Crippen LogP contribution in [0.3, 0.4) is 0 Å². The van der Waals surface area contributed by atoms with Crippen molar-refractivity contribution in [3.05, 3.63) is 65.9 Å². The number of likely N-dealkylation sites (N-methyl/N-ethyl adjacent to an activating group) is 1. The van der Waals surface area contributed by atoms with E-state index < -0.39 is 0 Å². The highest BCUT2D eigenvalue weighted by atomic mass is 16.5. The average molecular weight is 592 g/mol. The van der Waals surface area contributed by atoms with Gasteiger partial charge in [-0.3, -0.25) is 4.79 Å². The minimum Gasteiger partial charge on any atom is -0.462 e. The topological polar surface area (TPSA) is 88.8 Å². The second kappa shape index (κ2) is 11.7. The van der Waals surface area contributed by atoms with Gasteiger partial charge in [0.2, 0.25) is 5.91 Å². The van der Waals surface area contributed by atoms with Crippen LogP contribution in [0.15, 0.2) is 49.1 Å². The first-order chi connectivity index (χ1) is 21.4. The third-order valence-corrected chi connectivity index (χ3v) is 10.2. The Kier molecular flexibility index (Phi) is 7.63. The number of fused-ring (bicyclic) bond motifs is 5. The van der Waals surface area contributed by atoms with E-state index in [1.807, 2.05) is 0 Å². The van der Waals surface area contributed by atoms with Crippen LogP contribution in [0.25, 0.3) is 10.8 Å². The average Bonchev–Trinajstić information content (AvgIpc) is 3.62. The van der Waals surface area contributed by atoms with Gasteiger partial charge in [-0.15, -0.1) is 0 Å². The normalized spacial score (nSPS) is 24.8. The van der Waals surface area contributed by atoms with Gasteiger partial charge in [-0.25, -0.2) is 0 Å². The van der Waals surface area contributed by atoms with Gasteiger partial charge in [0.05, 0.1) is 30.3 Å². The molecule has 0 radical (unpaired) electrons. The van der Waals surface area contributed by atoms with E-state index in [0.717, 1.165) is 43.9 Å². The number of ether oxygens (including phenoxy) is 1. The predicted molar refractivity (Wildman–Crippen MR) is 172 cm³/mol. The molecule has 9 heteroatoms. The summed E-state index contributed by atoms with van der Waals surface area (Å²) < 4.78 is 6.41. The van der Waals surface area contributed by atoms with Crippen molar-refractivity contribution in [2.24, 2.45) is 5.92 Å². The van der Waals surface area contributed by atoms with Crippen LogP contribution in [0.1, 0.15) is 48.5 Å². The van der Waals surface area contributed by atoms with Crippen molar-refractivity contribution in [3.8, 4) is 12.1 Å². The SMILES string of the molecule is C=CC(=O)N1CCN(c2nc(OC[C@@H]3CCCN3C)nc3c2C[C@H]2C[C@@H]3N(c3cccc4cccc(C)c34)C2)C[C@@H]1CC#N. The number of piperazine rings is 1. The number of aromatic nitrogens is 2. The molecule has 0 unspecified atom stereocenters. The zero-order valence-corrected chi connectivity index (χ0v) is 25.8. The molecule has 3 fully saturated rings. The Labute approximate surface area is 259 Å². The summed E-state index contributed by atoms with van der Waals surface area (Å²) in [4.78, 5) is 31.9. The summed E-state index contributed by atoms with van der Waals surface area (Å²) in [5, 5.41) is 12.2. The number of hydrogen-bond acceptors (Lipinski definition) is 8.